The minimum absolute atomic E-state index is 0.0367. The molecule has 0 saturated carbocycles. The summed E-state index contributed by atoms with van der Waals surface area (Å²) in [5.74, 6) is -0.198. The molecule has 25 heavy (non-hydrogen) atoms. The second kappa shape index (κ2) is 9.08. The van der Waals surface area contributed by atoms with Crippen molar-refractivity contribution in [3.8, 4) is 0 Å². The van der Waals surface area contributed by atoms with Gasteiger partial charge in [0.25, 0.3) is 0 Å². The zero-order valence-corrected chi connectivity index (χ0v) is 14.9. The molecule has 2 aromatic rings. The Morgan fingerprint density at radius 2 is 2.00 bits per heavy atom. The van der Waals surface area contributed by atoms with Gasteiger partial charge in [-0.2, -0.15) is 11.3 Å². The number of carbonyl (C=O) groups excluding carboxylic acids is 1. The third-order valence-corrected chi connectivity index (χ3v) is 5.19. The second-order valence-electron chi connectivity index (χ2n) is 6.15. The van der Waals surface area contributed by atoms with E-state index < -0.39 is 0 Å². The van der Waals surface area contributed by atoms with Gasteiger partial charge in [0.15, 0.2) is 0 Å². The number of benzene rings is 1. The van der Waals surface area contributed by atoms with Gasteiger partial charge in [-0.05, 0) is 46.5 Å². The summed E-state index contributed by atoms with van der Waals surface area (Å²) >= 11 is 1.65. The van der Waals surface area contributed by atoms with E-state index in [9.17, 15) is 9.18 Å². The number of morpholine rings is 1. The summed E-state index contributed by atoms with van der Waals surface area (Å²) < 4.78 is 18.7. The molecule has 4 nitrogen and oxygen atoms in total. The van der Waals surface area contributed by atoms with Gasteiger partial charge >= 0.3 is 0 Å². The SMILES string of the molecule is O=C(CCc1ccsc1)NCC(c1ccc(F)cc1)N1CCOCC1. The minimum atomic E-state index is -0.246. The first kappa shape index (κ1) is 18.0. The molecule has 1 fully saturated rings. The van der Waals surface area contributed by atoms with E-state index in [4.69, 9.17) is 4.74 Å². The number of ether oxygens (including phenoxy) is 1. The summed E-state index contributed by atoms with van der Waals surface area (Å²) in [5.41, 5.74) is 2.21. The summed E-state index contributed by atoms with van der Waals surface area (Å²) in [7, 11) is 0. The van der Waals surface area contributed by atoms with Gasteiger partial charge in [-0.3, -0.25) is 9.69 Å². The van der Waals surface area contributed by atoms with Crippen LogP contribution in [0.1, 0.15) is 23.6 Å². The zero-order valence-electron chi connectivity index (χ0n) is 14.1. The lowest BCUT2D eigenvalue weighted by Crippen LogP contribution is -2.43. The molecule has 1 amide bonds. The summed E-state index contributed by atoms with van der Waals surface area (Å²) in [6.07, 6.45) is 1.24. The highest BCUT2D eigenvalue weighted by molar-refractivity contribution is 7.07. The van der Waals surface area contributed by atoms with Crippen molar-refractivity contribution in [3.63, 3.8) is 0 Å². The van der Waals surface area contributed by atoms with Crippen molar-refractivity contribution >= 4 is 17.2 Å². The molecule has 1 unspecified atom stereocenters. The van der Waals surface area contributed by atoms with Crippen LogP contribution in [0.4, 0.5) is 4.39 Å². The summed E-state index contributed by atoms with van der Waals surface area (Å²) in [4.78, 5) is 14.5. The highest BCUT2D eigenvalue weighted by atomic mass is 32.1. The van der Waals surface area contributed by atoms with E-state index in [1.807, 2.05) is 11.4 Å². The number of hydrogen-bond acceptors (Lipinski definition) is 4. The molecule has 1 aromatic carbocycles. The van der Waals surface area contributed by atoms with Crippen molar-refractivity contribution < 1.29 is 13.9 Å². The Morgan fingerprint density at radius 1 is 1.24 bits per heavy atom. The standard InChI is InChI=1S/C19H23FN2O2S/c20-17-4-2-16(3-5-17)18(22-8-10-24-11-9-22)13-21-19(23)6-1-15-7-12-25-14-15/h2-5,7,12,14,18H,1,6,8-11,13H2,(H,21,23). The number of halogens is 1. The molecule has 0 radical (unpaired) electrons. The molecule has 2 heterocycles. The normalized spacial score (nSPS) is 16.5. The predicted octanol–water partition coefficient (Wildman–Crippen LogP) is 3.01. The summed E-state index contributed by atoms with van der Waals surface area (Å²) in [6.45, 7) is 3.52. The van der Waals surface area contributed by atoms with Crippen molar-refractivity contribution in [3.05, 3.63) is 58.0 Å². The molecule has 134 valence electrons. The van der Waals surface area contributed by atoms with E-state index in [0.29, 0.717) is 26.2 Å². The van der Waals surface area contributed by atoms with Crippen LogP contribution in [0, 0.1) is 5.82 Å². The fraction of sp³-hybridized carbons (Fsp3) is 0.421. The smallest absolute Gasteiger partial charge is 0.220 e. The Hall–Kier alpha value is -1.76. The van der Waals surface area contributed by atoms with Gasteiger partial charge < -0.3 is 10.1 Å². The van der Waals surface area contributed by atoms with E-state index in [-0.39, 0.29) is 17.8 Å². The van der Waals surface area contributed by atoms with E-state index >= 15 is 0 Å². The molecular weight excluding hydrogens is 339 g/mol. The second-order valence-corrected chi connectivity index (χ2v) is 6.93. The average molecular weight is 362 g/mol. The molecule has 0 aliphatic carbocycles. The van der Waals surface area contributed by atoms with Crippen LogP contribution in [0.25, 0.3) is 0 Å². The third-order valence-electron chi connectivity index (χ3n) is 4.45. The Morgan fingerprint density at radius 3 is 2.68 bits per heavy atom. The fourth-order valence-electron chi connectivity index (χ4n) is 3.02. The topological polar surface area (TPSA) is 41.6 Å². The van der Waals surface area contributed by atoms with E-state index in [1.165, 1.54) is 17.7 Å². The van der Waals surface area contributed by atoms with Gasteiger partial charge in [0.2, 0.25) is 5.91 Å². The first-order valence-corrected chi connectivity index (χ1v) is 9.51. The Bertz CT molecular complexity index is 655. The molecule has 1 aliphatic heterocycles. The molecule has 3 rings (SSSR count). The van der Waals surface area contributed by atoms with Crippen molar-refractivity contribution in [2.24, 2.45) is 0 Å². The summed E-state index contributed by atoms with van der Waals surface area (Å²) in [6, 6.07) is 8.63. The monoisotopic (exact) mass is 362 g/mol. The maximum atomic E-state index is 13.2. The Kier molecular flexibility index (Phi) is 6.55. The lowest BCUT2D eigenvalue weighted by Gasteiger charge is -2.35. The molecule has 1 atom stereocenters. The van der Waals surface area contributed by atoms with Crippen LogP contribution in [-0.4, -0.2) is 43.7 Å². The summed E-state index contributed by atoms with van der Waals surface area (Å²) in [5, 5.41) is 7.14. The molecular formula is C19H23FN2O2S. The molecule has 1 aliphatic rings. The largest absolute Gasteiger partial charge is 0.379 e. The van der Waals surface area contributed by atoms with Gasteiger partial charge in [-0.25, -0.2) is 4.39 Å². The van der Waals surface area contributed by atoms with Gasteiger partial charge in [0, 0.05) is 26.1 Å². The third kappa shape index (κ3) is 5.36. The van der Waals surface area contributed by atoms with Crippen LogP contribution in [0.3, 0.4) is 0 Å². The number of hydrogen-bond donors (Lipinski definition) is 1. The minimum Gasteiger partial charge on any atom is -0.379 e. The quantitative estimate of drug-likeness (QED) is 0.823. The zero-order chi connectivity index (χ0) is 17.5. The lowest BCUT2D eigenvalue weighted by molar-refractivity contribution is -0.121. The highest BCUT2D eigenvalue weighted by Crippen LogP contribution is 2.21. The van der Waals surface area contributed by atoms with Crippen molar-refractivity contribution in [1.29, 1.82) is 0 Å². The number of aryl methyl sites for hydroxylation is 1. The van der Waals surface area contributed by atoms with E-state index in [1.54, 1.807) is 23.5 Å². The first-order valence-electron chi connectivity index (χ1n) is 8.57. The first-order chi connectivity index (χ1) is 12.2. The van der Waals surface area contributed by atoms with Crippen LogP contribution in [0.15, 0.2) is 41.1 Å². The molecule has 1 N–H and O–H groups in total. The van der Waals surface area contributed by atoms with Gasteiger partial charge in [0.05, 0.1) is 19.3 Å². The Balaban J connectivity index is 1.58. The number of nitrogens with one attached hydrogen (secondary N) is 1. The predicted molar refractivity (Wildman–Crippen MR) is 97.2 cm³/mol. The number of nitrogens with zero attached hydrogens (tertiary/aromatic N) is 1. The van der Waals surface area contributed by atoms with Crippen molar-refractivity contribution in [1.82, 2.24) is 10.2 Å². The van der Waals surface area contributed by atoms with E-state index in [0.717, 1.165) is 25.1 Å². The van der Waals surface area contributed by atoms with Gasteiger partial charge in [-0.15, -0.1) is 0 Å². The maximum absolute atomic E-state index is 13.2. The average Bonchev–Trinajstić information content (AvgIpc) is 3.16. The van der Waals surface area contributed by atoms with Crippen LogP contribution in [-0.2, 0) is 16.0 Å². The fourth-order valence-corrected chi connectivity index (χ4v) is 3.73. The molecule has 0 bridgehead atoms. The van der Waals surface area contributed by atoms with Gasteiger partial charge in [0.1, 0.15) is 5.82 Å². The van der Waals surface area contributed by atoms with Crippen LogP contribution < -0.4 is 5.32 Å². The molecule has 1 saturated heterocycles. The van der Waals surface area contributed by atoms with Crippen molar-refractivity contribution in [2.75, 3.05) is 32.8 Å². The lowest BCUT2D eigenvalue weighted by atomic mass is 10.0. The van der Waals surface area contributed by atoms with Crippen LogP contribution >= 0.6 is 11.3 Å². The van der Waals surface area contributed by atoms with E-state index in [2.05, 4.69) is 15.6 Å². The number of thiophene rings is 1. The Labute approximate surface area is 151 Å². The molecule has 0 spiro atoms. The number of rotatable bonds is 7. The maximum Gasteiger partial charge on any atom is 0.220 e. The highest BCUT2D eigenvalue weighted by Gasteiger charge is 2.23. The van der Waals surface area contributed by atoms with Crippen molar-refractivity contribution in [2.45, 2.75) is 18.9 Å². The van der Waals surface area contributed by atoms with Crippen LogP contribution in [0.2, 0.25) is 0 Å². The number of carbonyl (C=O) groups is 1. The molecule has 1 aromatic heterocycles. The number of amides is 1. The molecule has 6 heteroatoms. The van der Waals surface area contributed by atoms with Crippen LogP contribution in [0.5, 0.6) is 0 Å². The van der Waals surface area contributed by atoms with Gasteiger partial charge in [-0.1, -0.05) is 12.1 Å².